The molecule has 2 heterocycles. The Labute approximate surface area is 290 Å². The monoisotopic (exact) mass is 638 g/mol. The summed E-state index contributed by atoms with van der Waals surface area (Å²) in [4.78, 5) is 0. The van der Waals surface area contributed by atoms with E-state index in [4.69, 9.17) is 0 Å². The molecule has 0 amide bonds. The van der Waals surface area contributed by atoms with Crippen LogP contribution < -0.4 is 0 Å². The molecular formula is C47H46N2. The van der Waals surface area contributed by atoms with Gasteiger partial charge in [-0.15, -0.1) is 0 Å². The van der Waals surface area contributed by atoms with E-state index >= 15 is 0 Å². The van der Waals surface area contributed by atoms with Gasteiger partial charge < -0.3 is 9.13 Å². The molecular weight excluding hydrogens is 593 g/mol. The van der Waals surface area contributed by atoms with E-state index in [2.05, 4.69) is 198 Å². The van der Waals surface area contributed by atoms with Gasteiger partial charge in [-0.2, -0.15) is 0 Å². The smallest absolute Gasteiger partial charge is 0.0542 e. The molecule has 0 bridgehead atoms. The third-order valence-electron chi connectivity index (χ3n) is 10.8. The molecule has 0 fully saturated rings. The van der Waals surface area contributed by atoms with Crippen LogP contribution in [-0.4, -0.2) is 9.13 Å². The van der Waals surface area contributed by atoms with E-state index in [9.17, 15) is 0 Å². The summed E-state index contributed by atoms with van der Waals surface area (Å²) in [5.41, 5.74) is 12.7. The second-order valence-electron chi connectivity index (χ2n) is 16.4. The second kappa shape index (κ2) is 11.0. The van der Waals surface area contributed by atoms with Crippen LogP contribution in [0.5, 0.6) is 0 Å². The molecule has 8 aromatic rings. The molecule has 0 aliphatic heterocycles. The number of nitrogens with zero attached hydrogens (tertiary/aromatic N) is 2. The van der Waals surface area contributed by atoms with Gasteiger partial charge in [0, 0.05) is 38.3 Å². The largest absolute Gasteiger partial charge is 0.309 e. The van der Waals surface area contributed by atoms with Crippen molar-refractivity contribution in [2.75, 3.05) is 0 Å². The number of fused-ring (bicyclic) bond motifs is 6. The van der Waals surface area contributed by atoms with Crippen LogP contribution in [0.25, 0.3) is 55.0 Å². The average Bonchev–Trinajstić information content (AvgIpc) is 3.59. The zero-order valence-electron chi connectivity index (χ0n) is 30.1. The lowest BCUT2D eigenvalue weighted by Crippen LogP contribution is -2.18. The van der Waals surface area contributed by atoms with Crippen molar-refractivity contribution in [3.8, 4) is 11.4 Å². The summed E-state index contributed by atoms with van der Waals surface area (Å²) in [5, 5.41) is 5.15. The first-order valence-electron chi connectivity index (χ1n) is 17.6. The molecule has 2 aromatic heterocycles. The van der Waals surface area contributed by atoms with Crippen molar-refractivity contribution in [2.24, 2.45) is 0 Å². The molecule has 0 aliphatic rings. The highest BCUT2D eigenvalue weighted by atomic mass is 15.0. The van der Waals surface area contributed by atoms with E-state index in [0.717, 1.165) is 0 Å². The Balaban J connectivity index is 1.32. The number of aromatic nitrogens is 2. The molecule has 0 radical (unpaired) electrons. The fraction of sp³-hybridized carbons (Fsp3) is 0.234. The van der Waals surface area contributed by atoms with Gasteiger partial charge in [0.05, 0.1) is 22.1 Å². The first kappa shape index (κ1) is 31.2. The lowest BCUT2D eigenvalue weighted by Gasteiger charge is -2.26. The third kappa shape index (κ3) is 5.08. The number of rotatable bonds is 4. The zero-order chi connectivity index (χ0) is 34.3. The molecule has 6 aromatic carbocycles. The Morgan fingerprint density at radius 1 is 0.327 bits per heavy atom. The highest BCUT2D eigenvalue weighted by Crippen LogP contribution is 2.40. The van der Waals surface area contributed by atoms with Crippen LogP contribution in [0.1, 0.15) is 77.6 Å². The van der Waals surface area contributed by atoms with Crippen LogP contribution in [0.3, 0.4) is 0 Å². The molecule has 0 saturated carbocycles. The van der Waals surface area contributed by atoms with E-state index in [-0.39, 0.29) is 16.2 Å². The lowest BCUT2D eigenvalue weighted by molar-refractivity contribution is 0.590. The van der Waals surface area contributed by atoms with Crippen molar-refractivity contribution >= 4 is 43.6 Å². The summed E-state index contributed by atoms with van der Waals surface area (Å²) in [6.07, 6.45) is 0. The number of hydrogen-bond acceptors (Lipinski definition) is 0. The van der Waals surface area contributed by atoms with Crippen molar-refractivity contribution in [1.29, 1.82) is 0 Å². The van der Waals surface area contributed by atoms with Crippen LogP contribution in [0.15, 0.2) is 133 Å². The molecule has 0 aliphatic carbocycles. The summed E-state index contributed by atoms with van der Waals surface area (Å²) < 4.78 is 4.89. The van der Waals surface area contributed by atoms with Gasteiger partial charge in [-0.05, 0) is 93.7 Å². The minimum absolute atomic E-state index is 0.0699. The maximum Gasteiger partial charge on any atom is 0.0542 e. The quantitative estimate of drug-likeness (QED) is 0.181. The maximum absolute atomic E-state index is 2.47. The normalized spacial score (nSPS) is 12.9. The Morgan fingerprint density at radius 2 is 0.735 bits per heavy atom. The fourth-order valence-corrected chi connectivity index (χ4v) is 7.66. The van der Waals surface area contributed by atoms with Gasteiger partial charge in [-0.25, -0.2) is 0 Å². The van der Waals surface area contributed by atoms with Crippen LogP contribution in [-0.2, 0) is 16.2 Å². The molecule has 0 saturated heterocycles. The van der Waals surface area contributed by atoms with Crippen molar-refractivity contribution in [1.82, 2.24) is 9.13 Å². The summed E-state index contributed by atoms with van der Waals surface area (Å²) >= 11 is 0. The van der Waals surface area contributed by atoms with Gasteiger partial charge in [-0.3, -0.25) is 0 Å². The van der Waals surface area contributed by atoms with Gasteiger partial charge in [0.2, 0.25) is 0 Å². The Morgan fingerprint density at radius 3 is 1.31 bits per heavy atom. The average molecular weight is 639 g/mol. The molecule has 0 unspecified atom stereocenters. The minimum Gasteiger partial charge on any atom is -0.309 e. The maximum atomic E-state index is 2.47. The van der Waals surface area contributed by atoms with Crippen LogP contribution in [0.2, 0.25) is 0 Å². The van der Waals surface area contributed by atoms with Gasteiger partial charge >= 0.3 is 0 Å². The predicted molar refractivity (Wildman–Crippen MR) is 211 cm³/mol. The first-order valence-corrected chi connectivity index (χ1v) is 17.6. The number of benzene rings is 6. The number of para-hydroxylation sites is 1. The van der Waals surface area contributed by atoms with Crippen molar-refractivity contribution in [2.45, 2.75) is 71.6 Å². The van der Waals surface area contributed by atoms with E-state index < -0.39 is 0 Å². The fourth-order valence-electron chi connectivity index (χ4n) is 7.66. The minimum atomic E-state index is -0.0842. The summed E-state index contributed by atoms with van der Waals surface area (Å²) in [6, 6.07) is 49.9. The predicted octanol–water partition coefficient (Wildman–Crippen LogP) is 12.8. The molecule has 2 nitrogen and oxygen atoms in total. The summed E-state index contributed by atoms with van der Waals surface area (Å²) in [6.45, 7) is 18.4. The topological polar surface area (TPSA) is 9.86 Å². The van der Waals surface area contributed by atoms with E-state index in [0.29, 0.717) is 0 Å². The van der Waals surface area contributed by atoms with Gasteiger partial charge in [0.1, 0.15) is 0 Å². The Kier molecular flexibility index (Phi) is 6.99. The first-order chi connectivity index (χ1) is 23.3. The Hall–Kier alpha value is -5.08. The molecule has 49 heavy (non-hydrogen) atoms. The second-order valence-corrected chi connectivity index (χ2v) is 16.4. The van der Waals surface area contributed by atoms with E-state index in [1.807, 2.05) is 0 Å². The third-order valence-corrected chi connectivity index (χ3v) is 10.8. The van der Waals surface area contributed by atoms with Crippen molar-refractivity contribution in [3.63, 3.8) is 0 Å². The molecule has 0 spiro atoms. The van der Waals surface area contributed by atoms with E-state index in [1.54, 1.807) is 0 Å². The number of hydrogen-bond donors (Lipinski definition) is 0. The SMILES string of the molecule is CC(C)(C)c1ccc2c(c1)c1cc(C(C)(C)C)ccc1n2-c1ccc2c(c1)c1ccccc1n2-c1ccc(C(C)(C)c2ccccc2)cc1. The van der Waals surface area contributed by atoms with Gasteiger partial charge in [0.25, 0.3) is 0 Å². The molecule has 2 heteroatoms. The van der Waals surface area contributed by atoms with Crippen LogP contribution >= 0.6 is 0 Å². The standard InChI is InChI=1S/C47H46N2/c1-45(2,3)33-20-25-42-38(28-33)39-29-34(46(4,5)6)21-26-43(39)49(42)36-24-27-44-40(30-36)37-16-12-13-17-41(37)48(44)35-22-18-32(19-23-35)47(7,8)31-14-10-9-11-15-31/h9-30H,1-8H3. The Bertz CT molecular complexity index is 2440. The highest BCUT2D eigenvalue weighted by molar-refractivity contribution is 6.12. The van der Waals surface area contributed by atoms with Crippen molar-refractivity contribution < 1.29 is 0 Å². The summed E-state index contributed by atoms with van der Waals surface area (Å²) in [7, 11) is 0. The zero-order valence-corrected chi connectivity index (χ0v) is 30.1. The molecule has 0 atom stereocenters. The molecule has 8 rings (SSSR count). The molecule has 0 N–H and O–H groups in total. The van der Waals surface area contributed by atoms with Gasteiger partial charge in [-0.1, -0.05) is 128 Å². The van der Waals surface area contributed by atoms with Gasteiger partial charge in [0.15, 0.2) is 0 Å². The van der Waals surface area contributed by atoms with E-state index in [1.165, 1.54) is 77.2 Å². The highest BCUT2D eigenvalue weighted by Gasteiger charge is 2.24. The lowest BCUT2D eigenvalue weighted by atomic mass is 9.78. The summed E-state index contributed by atoms with van der Waals surface area (Å²) in [5.74, 6) is 0. The molecule has 244 valence electrons. The van der Waals surface area contributed by atoms with Crippen LogP contribution in [0.4, 0.5) is 0 Å². The van der Waals surface area contributed by atoms with Crippen molar-refractivity contribution in [3.05, 3.63) is 156 Å². The van der Waals surface area contributed by atoms with Crippen LogP contribution in [0, 0.1) is 0 Å².